The number of nitrogens with zero attached hydrogens (tertiary/aromatic N) is 3. The summed E-state index contributed by atoms with van der Waals surface area (Å²) >= 11 is 0. The molecule has 31 heavy (non-hydrogen) atoms. The first-order chi connectivity index (χ1) is 15.0. The van der Waals surface area contributed by atoms with Gasteiger partial charge in [-0.3, -0.25) is 9.69 Å². The van der Waals surface area contributed by atoms with Crippen molar-refractivity contribution in [2.24, 2.45) is 0 Å². The lowest BCUT2D eigenvalue weighted by Crippen LogP contribution is -2.45. The van der Waals surface area contributed by atoms with Crippen LogP contribution in [0, 0.1) is 0 Å². The van der Waals surface area contributed by atoms with Crippen LogP contribution in [0.5, 0.6) is 0 Å². The van der Waals surface area contributed by atoms with Crippen LogP contribution in [-0.4, -0.2) is 66.2 Å². The number of benzene rings is 1. The summed E-state index contributed by atoms with van der Waals surface area (Å²) in [6.07, 6.45) is 9.62. The summed E-state index contributed by atoms with van der Waals surface area (Å²) in [7, 11) is -3.72. The van der Waals surface area contributed by atoms with E-state index >= 15 is 0 Å². The zero-order chi connectivity index (χ0) is 21.6. The molecule has 0 N–H and O–H groups in total. The molecule has 2 heterocycles. The van der Waals surface area contributed by atoms with E-state index in [1.807, 2.05) is 12.1 Å². The summed E-state index contributed by atoms with van der Waals surface area (Å²) in [5, 5.41) is 0. The van der Waals surface area contributed by atoms with Gasteiger partial charge in [0, 0.05) is 25.7 Å². The number of rotatable bonds is 3. The van der Waals surface area contributed by atoms with E-state index in [2.05, 4.69) is 0 Å². The van der Waals surface area contributed by atoms with E-state index in [4.69, 9.17) is 0 Å². The number of amides is 3. The Hall–Kier alpha value is -1.93. The van der Waals surface area contributed by atoms with Gasteiger partial charge in [0.25, 0.3) is 5.91 Å². The maximum atomic E-state index is 13.5. The number of imide groups is 1. The minimum absolute atomic E-state index is 0.0358. The topological polar surface area (TPSA) is 78.0 Å². The molecule has 2 saturated heterocycles. The fourth-order valence-corrected chi connectivity index (χ4v) is 7.24. The third kappa shape index (κ3) is 3.67. The van der Waals surface area contributed by atoms with Gasteiger partial charge in [-0.15, -0.1) is 0 Å². The van der Waals surface area contributed by atoms with Gasteiger partial charge < -0.3 is 4.90 Å². The van der Waals surface area contributed by atoms with E-state index in [1.165, 1.54) is 14.8 Å². The smallest absolute Gasteiger partial charge is 0.311 e. The number of sulfonamides is 1. The fraction of sp³-hybridized carbons (Fsp3) is 0.652. The second kappa shape index (κ2) is 8.20. The first-order valence-corrected chi connectivity index (χ1v) is 13.2. The molecule has 0 radical (unpaired) electrons. The summed E-state index contributed by atoms with van der Waals surface area (Å²) in [6, 6.07) is 4.51. The molecule has 2 aliphatic heterocycles. The molecule has 5 rings (SSSR count). The van der Waals surface area contributed by atoms with Crippen molar-refractivity contribution in [2.45, 2.75) is 81.2 Å². The monoisotopic (exact) mass is 445 g/mol. The van der Waals surface area contributed by atoms with Crippen LogP contribution >= 0.6 is 0 Å². The first-order valence-electron chi connectivity index (χ1n) is 11.7. The van der Waals surface area contributed by atoms with Gasteiger partial charge in [-0.25, -0.2) is 13.2 Å². The van der Waals surface area contributed by atoms with Crippen molar-refractivity contribution in [3.05, 3.63) is 29.3 Å². The molecule has 0 spiro atoms. The molecule has 168 valence electrons. The average molecular weight is 446 g/mol. The van der Waals surface area contributed by atoms with Gasteiger partial charge in [-0.2, -0.15) is 4.31 Å². The first kappa shape index (κ1) is 20.9. The number of aryl methyl sites for hydroxylation is 2. The number of hydrogen-bond donors (Lipinski definition) is 0. The molecule has 1 saturated carbocycles. The molecule has 1 aromatic carbocycles. The van der Waals surface area contributed by atoms with Crippen LogP contribution < -0.4 is 0 Å². The van der Waals surface area contributed by atoms with Gasteiger partial charge in [0.05, 0.1) is 4.90 Å². The van der Waals surface area contributed by atoms with E-state index in [-0.39, 0.29) is 24.5 Å². The molecular formula is C23H31N3O4S. The van der Waals surface area contributed by atoms with Crippen LogP contribution in [0.1, 0.15) is 62.5 Å². The average Bonchev–Trinajstić information content (AvgIpc) is 2.94. The Morgan fingerprint density at radius 3 is 2.35 bits per heavy atom. The number of carbonyl (C=O) groups excluding carboxylic acids is 2. The standard InChI is InChI=1S/C23H31N3O4S/c27-22-21-16-24(31(29,30)20-12-11-17-7-4-5-8-18(17)15-20)13-6-14-25(21)23(28)26(22)19-9-2-1-3-10-19/h11-12,15,19,21H,1-10,13-14,16H2. The SMILES string of the molecule is O=C1C2CN(S(=O)(=O)c3ccc4c(c3)CCCC4)CCCN2C(=O)N1C1CCCCC1. The molecule has 3 fully saturated rings. The minimum atomic E-state index is -3.72. The second-order valence-corrected chi connectivity index (χ2v) is 11.3. The maximum absolute atomic E-state index is 13.5. The van der Waals surface area contributed by atoms with Gasteiger partial charge in [0.1, 0.15) is 6.04 Å². The Balaban J connectivity index is 1.39. The van der Waals surface area contributed by atoms with Gasteiger partial charge in [0.2, 0.25) is 10.0 Å². The Labute approximate surface area is 184 Å². The fourth-order valence-electron chi connectivity index (χ4n) is 5.70. The van der Waals surface area contributed by atoms with Gasteiger partial charge in [-0.05, 0) is 68.2 Å². The molecular weight excluding hydrogens is 414 g/mol. The molecule has 4 aliphatic rings. The van der Waals surface area contributed by atoms with Crippen LogP contribution in [-0.2, 0) is 27.7 Å². The zero-order valence-corrected chi connectivity index (χ0v) is 18.8. The Morgan fingerprint density at radius 1 is 0.839 bits per heavy atom. The molecule has 1 atom stereocenters. The van der Waals surface area contributed by atoms with Crippen molar-refractivity contribution in [3.63, 3.8) is 0 Å². The predicted molar refractivity (Wildman–Crippen MR) is 116 cm³/mol. The third-order valence-electron chi connectivity index (χ3n) is 7.43. The molecule has 0 aromatic heterocycles. The highest BCUT2D eigenvalue weighted by Gasteiger charge is 2.50. The molecule has 7 nitrogen and oxygen atoms in total. The lowest BCUT2D eigenvalue weighted by Gasteiger charge is -2.29. The van der Waals surface area contributed by atoms with Gasteiger partial charge in [0.15, 0.2) is 0 Å². The van der Waals surface area contributed by atoms with Crippen LogP contribution in [0.2, 0.25) is 0 Å². The van der Waals surface area contributed by atoms with Crippen LogP contribution in [0.4, 0.5) is 4.79 Å². The molecule has 3 amide bonds. The van der Waals surface area contributed by atoms with Gasteiger partial charge >= 0.3 is 6.03 Å². The zero-order valence-electron chi connectivity index (χ0n) is 18.0. The highest BCUT2D eigenvalue weighted by atomic mass is 32.2. The minimum Gasteiger partial charge on any atom is -0.311 e. The van der Waals surface area contributed by atoms with E-state index < -0.39 is 16.1 Å². The third-order valence-corrected chi connectivity index (χ3v) is 9.29. The summed E-state index contributed by atoms with van der Waals surface area (Å²) in [5.41, 5.74) is 2.37. The predicted octanol–water partition coefficient (Wildman–Crippen LogP) is 2.93. The Kier molecular flexibility index (Phi) is 5.54. The van der Waals surface area contributed by atoms with E-state index in [9.17, 15) is 18.0 Å². The number of carbonyl (C=O) groups is 2. The van der Waals surface area contributed by atoms with E-state index in [1.54, 1.807) is 11.0 Å². The Bertz CT molecular complexity index is 987. The summed E-state index contributed by atoms with van der Waals surface area (Å²) in [5.74, 6) is -0.218. The molecule has 0 bridgehead atoms. The van der Waals surface area contributed by atoms with Crippen LogP contribution in [0.25, 0.3) is 0 Å². The highest BCUT2D eigenvalue weighted by Crippen LogP contribution is 2.32. The van der Waals surface area contributed by atoms with Crippen molar-refractivity contribution in [3.8, 4) is 0 Å². The Morgan fingerprint density at radius 2 is 1.58 bits per heavy atom. The van der Waals surface area contributed by atoms with Crippen molar-refractivity contribution in [1.29, 1.82) is 0 Å². The summed E-state index contributed by atoms with van der Waals surface area (Å²) in [4.78, 5) is 29.7. The summed E-state index contributed by atoms with van der Waals surface area (Å²) < 4.78 is 28.4. The molecule has 8 heteroatoms. The summed E-state index contributed by atoms with van der Waals surface area (Å²) in [6.45, 7) is 0.804. The lowest BCUT2D eigenvalue weighted by molar-refractivity contribution is -0.130. The number of urea groups is 1. The molecule has 1 aromatic rings. The molecule has 1 unspecified atom stereocenters. The van der Waals surface area contributed by atoms with Crippen molar-refractivity contribution in [1.82, 2.24) is 14.1 Å². The normalized spacial score (nSPS) is 26.0. The quantitative estimate of drug-likeness (QED) is 0.670. The van der Waals surface area contributed by atoms with Gasteiger partial charge in [-0.1, -0.05) is 25.3 Å². The largest absolute Gasteiger partial charge is 0.327 e. The molecule has 2 aliphatic carbocycles. The second-order valence-electron chi connectivity index (χ2n) is 9.35. The van der Waals surface area contributed by atoms with Crippen molar-refractivity contribution < 1.29 is 18.0 Å². The number of hydrogen-bond acceptors (Lipinski definition) is 4. The van der Waals surface area contributed by atoms with Crippen LogP contribution in [0.3, 0.4) is 0 Å². The van der Waals surface area contributed by atoms with Crippen LogP contribution in [0.15, 0.2) is 23.1 Å². The van der Waals surface area contributed by atoms with E-state index in [0.29, 0.717) is 24.4 Å². The highest BCUT2D eigenvalue weighted by molar-refractivity contribution is 7.89. The number of fused-ring (bicyclic) bond motifs is 2. The van der Waals surface area contributed by atoms with Crippen molar-refractivity contribution >= 4 is 22.0 Å². The van der Waals surface area contributed by atoms with Crippen molar-refractivity contribution in [2.75, 3.05) is 19.6 Å². The maximum Gasteiger partial charge on any atom is 0.327 e. The lowest BCUT2D eigenvalue weighted by atomic mass is 9.92. The van der Waals surface area contributed by atoms with E-state index in [0.717, 1.165) is 63.4 Å².